The summed E-state index contributed by atoms with van der Waals surface area (Å²) in [6, 6.07) is 5.64. The quantitative estimate of drug-likeness (QED) is 0.901. The van der Waals surface area contributed by atoms with Gasteiger partial charge in [0, 0.05) is 36.6 Å². The molecule has 4 rings (SSSR count). The third kappa shape index (κ3) is 3.53. The molecule has 8 heteroatoms. The van der Waals surface area contributed by atoms with Crippen molar-refractivity contribution < 1.29 is 9.47 Å². The fraction of sp³-hybridized carbons (Fsp3) is 0.471. The summed E-state index contributed by atoms with van der Waals surface area (Å²) in [5.41, 5.74) is 1.94. The molecule has 1 N–H and O–H groups in total. The zero-order valence-electron chi connectivity index (χ0n) is 14.0. The summed E-state index contributed by atoms with van der Waals surface area (Å²) in [7, 11) is 0. The molecular formula is C17H20ClN5O2. The fourth-order valence-corrected chi connectivity index (χ4v) is 3.48. The van der Waals surface area contributed by atoms with E-state index in [9.17, 15) is 0 Å². The average molecular weight is 362 g/mol. The van der Waals surface area contributed by atoms with E-state index in [-0.39, 0.29) is 0 Å². The minimum Gasteiger partial charge on any atom is -0.355 e. The highest BCUT2D eigenvalue weighted by molar-refractivity contribution is 6.30. The molecular weight excluding hydrogens is 342 g/mol. The highest BCUT2D eigenvalue weighted by Gasteiger charge is 2.40. The van der Waals surface area contributed by atoms with Crippen molar-refractivity contribution in [2.24, 2.45) is 0 Å². The van der Waals surface area contributed by atoms with Gasteiger partial charge < -0.3 is 19.7 Å². The highest BCUT2D eigenvalue weighted by Crippen LogP contribution is 2.32. The lowest BCUT2D eigenvalue weighted by Gasteiger charge is -2.37. The Labute approximate surface area is 151 Å². The predicted molar refractivity (Wildman–Crippen MR) is 95.4 cm³/mol. The minimum atomic E-state index is -0.390. The molecule has 1 aromatic heterocycles. The van der Waals surface area contributed by atoms with Gasteiger partial charge in [-0.25, -0.2) is 0 Å². The van der Waals surface area contributed by atoms with Gasteiger partial charge in [-0.2, -0.15) is 10.1 Å². The van der Waals surface area contributed by atoms with E-state index in [1.54, 1.807) is 6.20 Å². The molecule has 2 aliphatic rings. The van der Waals surface area contributed by atoms with Crippen molar-refractivity contribution in [3.63, 3.8) is 0 Å². The van der Waals surface area contributed by atoms with Crippen molar-refractivity contribution in [3.05, 3.63) is 35.0 Å². The summed E-state index contributed by atoms with van der Waals surface area (Å²) in [6.45, 7) is 4.99. The van der Waals surface area contributed by atoms with Crippen LogP contribution in [0.4, 0.5) is 17.5 Å². The largest absolute Gasteiger partial charge is 0.355 e. The molecule has 1 aromatic carbocycles. The topological polar surface area (TPSA) is 72.4 Å². The lowest BCUT2D eigenvalue weighted by Crippen LogP contribution is -2.45. The maximum absolute atomic E-state index is 6.00. The molecule has 3 heterocycles. The van der Waals surface area contributed by atoms with Crippen LogP contribution in [0.15, 0.2) is 24.4 Å². The van der Waals surface area contributed by atoms with E-state index in [2.05, 4.69) is 25.4 Å². The van der Waals surface area contributed by atoms with Gasteiger partial charge >= 0.3 is 0 Å². The van der Waals surface area contributed by atoms with Crippen LogP contribution < -0.4 is 10.2 Å². The third-order valence-corrected chi connectivity index (χ3v) is 4.88. The van der Waals surface area contributed by atoms with E-state index in [4.69, 9.17) is 21.1 Å². The lowest BCUT2D eigenvalue weighted by molar-refractivity contribution is -0.169. The van der Waals surface area contributed by atoms with Crippen LogP contribution in [0.5, 0.6) is 0 Å². The number of hydrogen-bond donors (Lipinski definition) is 1. The second-order valence-corrected chi connectivity index (χ2v) is 6.75. The maximum Gasteiger partial charge on any atom is 0.249 e. The van der Waals surface area contributed by atoms with Gasteiger partial charge in [-0.05, 0) is 30.7 Å². The average Bonchev–Trinajstić information content (AvgIpc) is 3.06. The number of ether oxygens (including phenoxy) is 2. The summed E-state index contributed by atoms with van der Waals surface area (Å²) in [4.78, 5) is 6.78. The normalized spacial score (nSPS) is 19.4. The molecule has 0 atom stereocenters. The van der Waals surface area contributed by atoms with Crippen molar-refractivity contribution >= 4 is 29.1 Å². The van der Waals surface area contributed by atoms with E-state index in [0.29, 0.717) is 24.2 Å². The molecule has 2 aliphatic heterocycles. The van der Waals surface area contributed by atoms with Gasteiger partial charge in [0.2, 0.25) is 5.95 Å². The van der Waals surface area contributed by atoms with Gasteiger partial charge in [0.1, 0.15) is 0 Å². The van der Waals surface area contributed by atoms with Gasteiger partial charge in [-0.1, -0.05) is 11.6 Å². The third-order valence-electron chi connectivity index (χ3n) is 4.64. The monoisotopic (exact) mass is 361 g/mol. The van der Waals surface area contributed by atoms with Crippen molar-refractivity contribution in [2.75, 3.05) is 36.5 Å². The van der Waals surface area contributed by atoms with Crippen molar-refractivity contribution in [2.45, 2.75) is 25.6 Å². The zero-order valence-corrected chi connectivity index (χ0v) is 14.8. The first kappa shape index (κ1) is 16.5. The van der Waals surface area contributed by atoms with Gasteiger partial charge in [-0.15, -0.1) is 5.10 Å². The summed E-state index contributed by atoms with van der Waals surface area (Å²) in [5.74, 6) is 0.881. The van der Waals surface area contributed by atoms with Gasteiger partial charge in [0.05, 0.1) is 19.4 Å². The lowest BCUT2D eigenvalue weighted by atomic mass is 10.0. The number of nitrogens with one attached hydrogen (secondary N) is 1. The molecule has 0 saturated carbocycles. The Kier molecular flexibility index (Phi) is 4.45. The number of nitrogens with zero attached hydrogens (tertiary/aromatic N) is 4. The van der Waals surface area contributed by atoms with Crippen LogP contribution in [0, 0.1) is 6.92 Å². The Hall–Kier alpha value is -1.96. The van der Waals surface area contributed by atoms with Crippen LogP contribution in [-0.4, -0.2) is 47.3 Å². The zero-order chi connectivity index (χ0) is 17.3. The first-order valence-electron chi connectivity index (χ1n) is 8.39. The Morgan fingerprint density at radius 2 is 1.96 bits per heavy atom. The van der Waals surface area contributed by atoms with Crippen LogP contribution in [0.3, 0.4) is 0 Å². The first-order valence-corrected chi connectivity index (χ1v) is 8.77. The molecule has 0 aliphatic carbocycles. The predicted octanol–water partition coefficient (Wildman–Crippen LogP) is 2.92. The minimum absolute atomic E-state index is 0.390. The van der Waals surface area contributed by atoms with Crippen molar-refractivity contribution in [1.29, 1.82) is 0 Å². The fourth-order valence-electron chi connectivity index (χ4n) is 3.25. The Balaban J connectivity index is 1.46. The number of hydrogen-bond acceptors (Lipinski definition) is 7. The molecule has 1 spiro atoms. The van der Waals surface area contributed by atoms with Crippen LogP contribution in [0.2, 0.25) is 5.02 Å². The second kappa shape index (κ2) is 6.74. The Bertz CT molecular complexity index is 756. The summed E-state index contributed by atoms with van der Waals surface area (Å²) in [5, 5.41) is 12.1. The summed E-state index contributed by atoms with van der Waals surface area (Å²) >= 11 is 6.00. The van der Waals surface area contributed by atoms with E-state index in [1.165, 1.54) is 0 Å². The summed E-state index contributed by atoms with van der Waals surface area (Å²) < 4.78 is 11.5. The Morgan fingerprint density at radius 3 is 2.68 bits per heavy atom. The van der Waals surface area contributed by atoms with Crippen molar-refractivity contribution in [1.82, 2.24) is 15.2 Å². The number of benzene rings is 1. The van der Waals surface area contributed by atoms with E-state index in [1.807, 2.05) is 25.1 Å². The molecule has 2 aromatic rings. The molecule has 132 valence electrons. The number of aromatic nitrogens is 3. The van der Waals surface area contributed by atoms with E-state index >= 15 is 0 Å². The molecule has 0 amide bonds. The molecule has 0 radical (unpaired) electrons. The molecule has 0 bridgehead atoms. The molecule has 0 unspecified atom stereocenters. The van der Waals surface area contributed by atoms with Gasteiger partial charge in [-0.3, -0.25) is 0 Å². The maximum atomic E-state index is 6.00. The van der Waals surface area contributed by atoms with E-state index < -0.39 is 5.79 Å². The standard InChI is InChI=1S/C17H20ClN5O2/c1-12-10-13(18)2-3-14(12)20-16-21-15(11-19-22-16)23-6-4-17(5-7-23)24-8-9-25-17/h2-3,10-11H,4-9H2,1H3,(H,20,21,22). The molecule has 25 heavy (non-hydrogen) atoms. The second-order valence-electron chi connectivity index (χ2n) is 6.32. The molecule has 2 saturated heterocycles. The number of anilines is 3. The van der Waals surface area contributed by atoms with Crippen LogP contribution >= 0.6 is 11.6 Å². The van der Waals surface area contributed by atoms with Crippen LogP contribution in [-0.2, 0) is 9.47 Å². The van der Waals surface area contributed by atoms with Gasteiger partial charge in [0.15, 0.2) is 11.6 Å². The molecule has 7 nitrogen and oxygen atoms in total. The number of aryl methyl sites for hydroxylation is 1. The number of piperidine rings is 1. The van der Waals surface area contributed by atoms with Crippen molar-refractivity contribution in [3.8, 4) is 0 Å². The van der Waals surface area contributed by atoms with Crippen LogP contribution in [0.1, 0.15) is 18.4 Å². The van der Waals surface area contributed by atoms with Crippen LogP contribution in [0.25, 0.3) is 0 Å². The first-order chi connectivity index (χ1) is 12.1. The SMILES string of the molecule is Cc1cc(Cl)ccc1Nc1nncc(N2CCC3(CC2)OCCO3)n1. The number of halogens is 1. The van der Waals surface area contributed by atoms with E-state index in [0.717, 1.165) is 43.0 Å². The summed E-state index contributed by atoms with van der Waals surface area (Å²) in [6.07, 6.45) is 3.35. The number of rotatable bonds is 3. The molecule has 2 fully saturated rings. The highest BCUT2D eigenvalue weighted by atomic mass is 35.5. The Morgan fingerprint density at radius 1 is 1.20 bits per heavy atom. The van der Waals surface area contributed by atoms with Gasteiger partial charge in [0.25, 0.3) is 0 Å². The smallest absolute Gasteiger partial charge is 0.249 e.